The van der Waals surface area contributed by atoms with Crippen LogP contribution in [-0.4, -0.2) is 25.2 Å². The van der Waals surface area contributed by atoms with Crippen LogP contribution in [0.4, 0.5) is 5.95 Å². The number of hydrogen-bond donors (Lipinski definition) is 0. The van der Waals surface area contributed by atoms with E-state index >= 15 is 0 Å². The molecule has 3 heterocycles. The van der Waals surface area contributed by atoms with Gasteiger partial charge in [0.2, 0.25) is 5.95 Å². The third-order valence-corrected chi connectivity index (χ3v) is 5.51. The minimum atomic E-state index is -0.356. The van der Waals surface area contributed by atoms with Crippen molar-refractivity contribution in [3.05, 3.63) is 55.1 Å². The van der Waals surface area contributed by atoms with Crippen LogP contribution in [0.3, 0.4) is 0 Å². The molecular formula is C17H18BrN5O2. The van der Waals surface area contributed by atoms with E-state index in [1.54, 1.807) is 7.05 Å². The number of nitrogens with zero attached hydrogens (tertiary/aromatic N) is 5. The van der Waals surface area contributed by atoms with Crippen LogP contribution in [0.5, 0.6) is 0 Å². The Bertz CT molecular complexity index is 1090. The molecule has 0 fully saturated rings. The van der Waals surface area contributed by atoms with Crippen molar-refractivity contribution < 1.29 is 0 Å². The molecule has 0 aliphatic carbocycles. The first kappa shape index (κ1) is 16.1. The number of fused-ring (bicyclic) bond motifs is 3. The number of benzene rings is 1. The molecule has 0 amide bonds. The van der Waals surface area contributed by atoms with Crippen LogP contribution < -0.4 is 16.1 Å². The zero-order valence-corrected chi connectivity index (χ0v) is 15.7. The highest BCUT2D eigenvalue weighted by molar-refractivity contribution is 9.10. The molecular weight excluding hydrogens is 386 g/mol. The summed E-state index contributed by atoms with van der Waals surface area (Å²) < 4.78 is 5.58. The summed E-state index contributed by atoms with van der Waals surface area (Å²) in [6.07, 6.45) is 0.926. The molecule has 0 saturated carbocycles. The standard InChI is InChI=1S/C17H18BrN5O2/c1-20-14-13(15(24)21(2)17(20)25)23-9-5-8-22(16(23)19-14)10-11-6-3-4-7-12(11)18/h3-4,6-7H,5,8-10H2,1-2H3. The summed E-state index contributed by atoms with van der Waals surface area (Å²) in [6.45, 7) is 2.28. The van der Waals surface area contributed by atoms with Crippen LogP contribution >= 0.6 is 15.9 Å². The third kappa shape index (κ3) is 2.43. The zero-order valence-electron chi connectivity index (χ0n) is 14.1. The van der Waals surface area contributed by atoms with Crippen molar-refractivity contribution >= 4 is 33.0 Å². The Morgan fingerprint density at radius 2 is 1.88 bits per heavy atom. The first-order chi connectivity index (χ1) is 12.0. The van der Waals surface area contributed by atoms with Crippen LogP contribution in [0.15, 0.2) is 38.3 Å². The highest BCUT2D eigenvalue weighted by Gasteiger charge is 2.25. The van der Waals surface area contributed by atoms with Crippen molar-refractivity contribution in [2.24, 2.45) is 14.1 Å². The highest BCUT2D eigenvalue weighted by Crippen LogP contribution is 2.27. The molecule has 0 unspecified atom stereocenters. The number of imidazole rings is 1. The van der Waals surface area contributed by atoms with E-state index in [1.165, 1.54) is 11.6 Å². The maximum absolute atomic E-state index is 12.6. The molecule has 0 radical (unpaired) electrons. The number of rotatable bonds is 2. The third-order valence-electron chi connectivity index (χ3n) is 4.74. The Morgan fingerprint density at radius 1 is 1.12 bits per heavy atom. The van der Waals surface area contributed by atoms with E-state index in [-0.39, 0.29) is 11.2 Å². The van der Waals surface area contributed by atoms with Gasteiger partial charge >= 0.3 is 5.69 Å². The second-order valence-corrected chi connectivity index (χ2v) is 7.16. The molecule has 3 aromatic rings. The summed E-state index contributed by atoms with van der Waals surface area (Å²) in [5.74, 6) is 0.746. The van der Waals surface area contributed by atoms with Gasteiger partial charge in [0.1, 0.15) is 0 Å². The molecule has 0 saturated heterocycles. The van der Waals surface area contributed by atoms with Crippen LogP contribution in [-0.2, 0) is 27.2 Å². The quantitative estimate of drug-likeness (QED) is 0.651. The summed E-state index contributed by atoms with van der Waals surface area (Å²) in [7, 11) is 3.16. The molecule has 2 aromatic heterocycles. The maximum Gasteiger partial charge on any atom is 0.332 e. The van der Waals surface area contributed by atoms with Crippen LogP contribution in [0.1, 0.15) is 12.0 Å². The van der Waals surface area contributed by atoms with Crippen LogP contribution in [0, 0.1) is 0 Å². The Morgan fingerprint density at radius 3 is 2.64 bits per heavy atom. The predicted octanol–water partition coefficient (Wildman–Crippen LogP) is 1.61. The van der Waals surface area contributed by atoms with E-state index in [9.17, 15) is 9.59 Å². The molecule has 8 heteroatoms. The van der Waals surface area contributed by atoms with Crippen molar-refractivity contribution in [1.29, 1.82) is 0 Å². The Hall–Kier alpha value is -2.35. The lowest BCUT2D eigenvalue weighted by Crippen LogP contribution is -2.38. The van der Waals surface area contributed by atoms with Crippen LogP contribution in [0.2, 0.25) is 0 Å². The van der Waals surface area contributed by atoms with Gasteiger partial charge in [0.05, 0.1) is 0 Å². The predicted molar refractivity (Wildman–Crippen MR) is 100 cm³/mol. The van der Waals surface area contributed by atoms with Crippen molar-refractivity contribution in [1.82, 2.24) is 18.7 Å². The Labute approximate surface area is 152 Å². The van der Waals surface area contributed by atoms with E-state index in [4.69, 9.17) is 0 Å². The summed E-state index contributed by atoms with van der Waals surface area (Å²) in [6, 6.07) is 8.08. The van der Waals surface area contributed by atoms with Crippen molar-refractivity contribution in [3.63, 3.8) is 0 Å². The topological polar surface area (TPSA) is 65.1 Å². The molecule has 0 bridgehead atoms. The number of hydrogen-bond acceptors (Lipinski definition) is 4. The largest absolute Gasteiger partial charge is 0.338 e. The fraction of sp³-hybridized carbons (Fsp3) is 0.353. The molecule has 7 nitrogen and oxygen atoms in total. The molecule has 0 spiro atoms. The van der Waals surface area contributed by atoms with Gasteiger partial charge < -0.3 is 9.47 Å². The molecule has 1 aromatic carbocycles. The van der Waals surface area contributed by atoms with Gasteiger partial charge in [-0.15, -0.1) is 0 Å². The Kier molecular flexibility index (Phi) is 3.79. The van der Waals surface area contributed by atoms with Gasteiger partial charge in [-0.25, -0.2) is 4.79 Å². The van der Waals surface area contributed by atoms with E-state index in [2.05, 4.69) is 31.9 Å². The summed E-state index contributed by atoms with van der Waals surface area (Å²) >= 11 is 3.59. The maximum atomic E-state index is 12.6. The van der Waals surface area contributed by atoms with Gasteiger partial charge in [-0.1, -0.05) is 34.1 Å². The molecule has 1 aliphatic rings. The molecule has 25 heavy (non-hydrogen) atoms. The second-order valence-electron chi connectivity index (χ2n) is 6.31. The fourth-order valence-corrected chi connectivity index (χ4v) is 3.80. The fourth-order valence-electron chi connectivity index (χ4n) is 3.39. The number of halogens is 1. The van der Waals surface area contributed by atoms with Gasteiger partial charge in [0, 0.05) is 38.2 Å². The normalized spacial score (nSPS) is 14.1. The average Bonchev–Trinajstić information content (AvgIpc) is 3.01. The van der Waals surface area contributed by atoms with Gasteiger partial charge in [0.25, 0.3) is 5.56 Å². The lowest BCUT2D eigenvalue weighted by atomic mass is 10.2. The number of aromatic nitrogens is 4. The lowest BCUT2D eigenvalue weighted by molar-refractivity contribution is 0.562. The van der Waals surface area contributed by atoms with Crippen LogP contribution in [0.25, 0.3) is 11.2 Å². The molecule has 4 rings (SSSR count). The van der Waals surface area contributed by atoms with Gasteiger partial charge in [-0.05, 0) is 18.1 Å². The number of anilines is 1. The highest BCUT2D eigenvalue weighted by atomic mass is 79.9. The molecule has 130 valence electrons. The van der Waals surface area contributed by atoms with E-state index in [0.29, 0.717) is 17.7 Å². The van der Waals surface area contributed by atoms with E-state index < -0.39 is 0 Å². The molecule has 0 atom stereocenters. The number of aryl methyl sites for hydroxylation is 2. The molecule has 1 aliphatic heterocycles. The summed E-state index contributed by atoms with van der Waals surface area (Å²) in [5.41, 5.74) is 1.45. The van der Waals surface area contributed by atoms with Crippen molar-refractivity contribution in [2.75, 3.05) is 11.4 Å². The van der Waals surface area contributed by atoms with Gasteiger partial charge in [-0.3, -0.25) is 13.9 Å². The first-order valence-corrected chi connectivity index (χ1v) is 8.93. The second kappa shape index (κ2) is 5.87. The van der Waals surface area contributed by atoms with Gasteiger partial charge in [-0.2, -0.15) is 4.98 Å². The van der Waals surface area contributed by atoms with Crippen molar-refractivity contribution in [3.8, 4) is 0 Å². The summed E-state index contributed by atoms with van der Waals surface area (Å²) in [4.78, 5) is 31.6. The van der Waals surface area contributed by atoms with E-state index in [1.807, 2.05) is 22.8 Å². The van der Waals surface area contributed by atoms with Gasteiger partial charge in [0.15, 0.2) is 11.2 Å². The minimum Gasteiger partial charge on any atom is -0.338 e. The first-order valence-electron chi connectivity index (χ1n) is 8.13. The zero-order chi connectivity index (χ0) is 17.7. The Balaban J connectivity index is 1.89. The monoisotopic (exact) mass is 403 g/mol. The smallest absolute Gasteiger partial charge is 0.332 e. The lowest BCUT2D eigenvalue weighted by Gasteiger charge is -2.29. The minimum absolute atomic E-state index is 0.292. The van der Waals surface area contributed by atoms with E-state index in [0.717, 1.165) is 40.1 Å². The average molecular weight is 404 g/mol. The van der Waals surface area contributed by atoms with Crippen molar-refractivity contribution in [2.45, 2.75) is 19.5 Å². The molecule has 0 N–H and O–H groups in total. The summed E-state index contributed by atoms with van der Waals surface area (Å²) in [5, 5.41) is 0. The SMILES string of the molecule is Cn1c(=O)c2c(nc3n2CCCN3Cc2ccccc2Br)n(C)c1=O.